The van der Waals surface area contributed by atoms with E-state index in [0.29, 0.717) is 6.54 Å². The molecule has 0 spiro atoms. The number of rotatable bonds is 6. The summed E-state index contributed by atoms with van der Waals surface area (Å²) in [5, 5.41) is 13.4. The van der Waals surface area contributed by atoms with E-state index in [1.54, 1.807) is 12.4 Å². The highest BCUT2D eigenvalue weighted by atomic mass is 35.5. The van der Waals surface area contributed by atoms with Gasteiger partial charge in [-0.1, -0.05) is 11.6 Å². The molecule has 1 aromatic carbocycles. The first-order valence-corrected chi connectivity index (χ1v) is 6.66. The molecule has 0 saturated carbocycles. The van der Waals surface area contributed by atoms with Crippen LogP contribution in [0.4, 0.5) is 5.69 Å². The predicted molar refractivity (Wildman–Crippen MR) is 77.3 cm³/mol. The minimum Gasteiger partial charge on any atom is -0.352 e. The van der Waals surface area contributed by atoms with Crippen LogP contribution in [0.3, 0.4) is 0 Å². The quantitative estimate of drug-likeness (QED) is 0.486. The molecule has 0 fully saturated rings. The molecule has 0 radical (unpaired) electrons. The molecule has 0 atom stereocenters. The Bertz CT molecular complexity index is 643. The zero-order valence-corrected chi connectivity index (χ0v) is 11.8. The Balaban J connectivity index is 1.87. The number of aryl methyl sites for hydroxylation is 1. The number of benzene rings is 1. The normalized spacial score (nSPS) is 10.3. The molecule has 1 heterocycles. The number of hydrogen-bond donors (Lipinski definition) is 2. The van der Waals surface area contributed by atoms with Crippen LogP contribution in [0, 0.1) is 10.1 Å². The molecular weight excluding hydrogens is 296 g/mol. The Hall–Kier alpha value is -2.41. The van der Waals surface area contributed by atoms with Crippen molar-refractivity contribution in [3.05, 3.63) is 57.1 Å². The molecule has 21 heavy (non-hydrogen) atoms. The van der Waals surface area contributed by atoms with Crippen molar-refractivity contribution in [2.75, 3.05) is 6.54 Å². The Morgan fingerprint density at radius 2 is 2.29 bits per heavy atom. The number of aromatic nitrogens is 2. The lowest BCUT2D eigenvalue weighted by atomic mass is 10.2. The molecule has 110 valence electrons. The van der Waals surface area contributed by atoms with E-state index in [1.165, 1.54) is 18.2 Å². The maximum Gasteiger partial charge on any atom is 0.270 e. The third-order valence-corrected chi connectivity index (χ3v) is 3.15. The van der Waals surface area contributed by atoms with Crippen molar-refractivity contribution in [3.8, 4) is 0 Å². The number of amides is 1. The van der Waals surface area contributed by atoms with E-state index in [1.807, 2.05) is 0 Å². The van der Waals surface area contributed by atoms with Crippen molar-refractivity contribution in [1.29, 1.82) is 0 Å². The maximum absolute atomic E-state index is 11.9. The Morgan fingerprint density at radius 1 is 1.48 bits per heavy atom. The van der Waals surface area contributed by atoms with E-state index in [0.717, 1.165) is 18.7 Å². The number of non-ortho nitro benzene ring substituents is 1. The van der Waals surface area contributed by atoms with Crippen LogP contribution < -0.4 is 5.32 Å². The van der Waals surface area contributed by atoms with E-state index in [-0.39, 0.29) is 22.2 Å². The highest BCUT2D eigenvalue weighted by Gasteiger charge is 2.14. The van der Waals surface area contributed by atoms with Gasteiger partial charge in [-0.05, 0) is 12.5 Å². The van der Waals surface area contributed by atoms with Crippen molar-refractivity contribution in [3.63, 3.8) is 0 Å². The van der Waals surface area contributed by atoms with Gasteiger partial charge in [0.05, 0.1) is 15.5 Å². The van der Waals surface area contributed by atoms with E-state index in [4.69, 9.17) is 11.6 Å². The third-order valence-electron chi connectivity index (χ3n) is 2.84. The zero-order valence-electron chi connectivity index (χ0n) is 11.0. The van der Waals surface area contributed by atoms with Crippen LogP contribution in [0.1, 0.15) is 22.6 Å². The molecule has 1 amide bonds. The number of nitro groups is 1. The Kier molecular flexibility index (Phi) is 4.89. The van der Waals surface area contributed by atoms with Crippen LogP contribution in [-0.4, -0.2) is 27.3 Å². The van der Waals surface area contributed by atoms with Crippen LogP contribution in [0.15, 0.2) is 30.6 Å². The topological polar surface area (TPSA) is 101 Å². The molecule has 0 aliphatic carbocycles. The fourth-order valence-corrected chi connectivity index (χ4v) is 2.05. The van der Waals surface area contributed by atoms with Gasteiger partial charge in [0.25, 0.3) is 11.6 Å². The van der Waals surface area contributed by atoms with Gasteiger partial charge in [-0.15, -0.1) is 0 Å². The molecule has 1 aromatic heterocycles. The fourth-order valence-electron chi connectivity index (χ4n) is 1.79. The molecule has 2 rings (SSSR count). The standard InChI is InChI=1S/C13H13ClN4O3/c14-11-8-9(18(20)21)3-4-10(11)13(19)17-5-1-2-12-15-6-7-16-12/h3-4,6-8H,1-2,5H2,(H,15,16)(H,17,19). The van der Waals surface area contributed by atoms with E-state index >= 15 is 0 Å². The number of carbonyl (C=O) groups is 1. The average molecular weight is 309 g/mol. The summed E-state index contributed by atoms with van der Waals surface area (Å²) in [5.41, 5.74) is 0.0784. The SMILES string of the molecule is O=C(NCCCc1ncc[nH]1)c1ccc([N+](=O)[O-])cc1Cl. The second-order valence-corrected chi connectivity index (χ2v) is 4.72. The summed E-state index contributed by atoms with van der Waals surface area (Å²) in [5.74, 6) is 0.506. The lowest BCUT2D eigenvalue weighted by Gasteiger charge is -2.06. The summed E-state index contributed by atoms with van der Waals surface area (Å²) in [6.45, 7) is 0.465. The van der Waals surface area contributed by atoms with Crippen LogP contribution in [0.25, 0.3) is 0 Å². The first-order valence-electron chi connectivity index (χ1n) is 6.28. The van der Waals surface area contributed by atoms with Gasteiger partial charge in [-0.2, -0.15) is 0 Å². The van der Waals surface area contributed by atoms with Gasteiger partial charge < -0.3 is 10.3 Å². The van der Waals surface area contributed by atoms with E-state index < -0.39 is 4.92 Å². The van der Waals surface area contributed by atoms with Gasteiger partial charge >= 0.3 is 0 Å². The number of H-pyrrole nitrogens is 1. The van der Waals surface area contributed by atoms with E-state index in [2.05, 4.69) is 15.3 Å². The second kappa shape index (κ2) is 6.85. The number of aromatic amines is 1. The summed E-state index contributed by atoms with van der Waals surface area (Å²) < 4.78 is 0. The Labute approximate surface area is 125 Å². The minimum atomic E-state index is -0.559. The summed E-state index contributed by atoms with van der Waals surface area (Å²) in [4.78, 5) is 29.0. The molecule has 0 unspecified atom stereocenters. The molecule has 0 bridgehead atoms. The first kappa shape index (κ1) is 15.0. The maximum atomic E-state index is 11.9. The zero-order chi connectivity index (χ0) is 15.2. The lowest BCUT2D eigenvalue weighted by Crippen LogP contribution is -2.25. The number of hydrogen-bond acceptors (Lipinski definition) is 4. The van der Waals surface area contributed by atoms with Crippen molar-refractivity contribution in [2.45, 2.75) is 12.8 Å². The summed E-state index contributed by atoms with van der Waals surface area (Å²) in [6.07, 6.45) is 4.86. The number of imidazole rings is 1. The molecule has 7 nitrogen and oxygen atoms in total. The van der Waals surface area contributed by atoms with Crippen molar-refractivity contribution < 1.29 is 9.72 Å². The molecule has 2 aromatic rings. The Morgan fingerprint density at radius 3 is 2.90 bits per heavy atom. The smallest absolute Gasteiger partial charge is 0.270 e. The van der Waals surface area contributed by atoms with Crippen LogP contribution in [0.2, 0.25) is 5.02 Å². The summed E-state index contributed by atoms with van der Waals surface area (Å²) in [7, 11) is 0. The number of halogens is 1. The molecule has 0 saturated heterocycles. The van der Waals surface area contributed by atoms with Gasteiger partial charge in [-0.25, -0.2) is 4.98 Å². The number of nitrogens with one attached hydrogen (secondary N) is 2. The highest BCUT2D eigenvalue weighted by molar-refractivity contribution is 6.34. The monoisotopic (exact) mass is 308 g/mol. The van der Waals surface area contributed by atoms with Gasteiger partial charge in [-0.3, -0.25) is 14.9 Å². The van der Waals surface area contributed by atoms with E-state index in [9.17, 15) is 14.9 Å². The third kappa shape index (κ3) is 4.03. The van der Waals surface area contributed by atoms with Gasteiger partial charge in [0.15, 0.2) is 0 Å². The van der Waals surface area contributed by atoms with Gasteiger partial charge in [0.1, 0.15) is 5.82 Å². The summed E-state index contributed by atoms with van der Waals surface area (Å²) >= 11 is 5.88. The van der Waals surface area contributed by atoms with Crippen LogP contribution in [-0.2, 0) is 6.42 Å². The van der Waals surface area contributed by atoms with Gasteiger partial charge in [0, 0.05) is 37.5 Å². The molecule has 8 heteroatoms. The molecule has 0 aliphatic rings. The number of nitro benzene ring substituents is 1. The number of carbonyl (C=O) groups excluding carboxylic acids is 1. The second-order valence-electron chi connectivity index (χ2n) is 4.32. The van der Waals surface area contributed by atoms with Crippen LogP contribution >= 0.6 is 11.6 Å². The van der Waals surface area contributed by atoms with Crippen molar-refractivity contribution >= 4 is 23.2 Å². The molecule has 0 aliphatic heterocycles. The number of nitrogens with zero attached hydrogens (tertiary/aromatic N) is 2. The van der Waals surface area contributed by atoms with Gasteiger partial charge in [0.2, 0.25) is 0 Å². The van der Waals surface area contributed by atoms with Crippen molar-refractivity contribution in [1.82, 2.24) is 15.3 Å². The van der Waals surface area contributed by atoms with Crippen LogP contribution in [0.5, 0.6) is 0 Å². The fraction of sp³-hybridized carbons (Fsp3) is 0.231. The van der Waals surface area contributed by atoms with Crippen molar-refractivity contribution in [2.24, 2.45) is 0 Å². The molecule has 2 N–H and O–H groups in total. The highest BCUT2D eigenvalue weighted by Crippen LogP contribution is 2.22. The lowest BCUT2D eigenvalue weighted by molar-refractivity contribution is -0.384. The average Bonchev–Trinajstić information content (AvgIpc) is 2.96. The predicted octanol–water partition coefficient (Wildman–Crippen LogP) is 2.33. The summed E-state index contributed by atoms with van der Waals surface area (Å²) in [6, 6.07) is 3.77. The first-order chi connectivity index (χ1) is 10.1. The minimum absolute atomic E-state index is 0.0627. The largest absolute Gasteiger partial charge is 0.352 e. The molecular formula is C13H13ClN4O3.